The lowest BCUT2D eigenvalue weighted by Crippen LogP contribution is -2.39. The van der Waals surface area contributed by atoms with Gasteiger partial charge >= 0.3 is 12.3 Å². The fourth-order valence-electron chi connectivity index (χ4n) is 11.3. The molecule has 71 heavy (non-hydrogen) atoms. The van der Waals surface area contributed by atoms with Gasteiger partial charge in [-0.1, -0.05) is 194 Å². The molecule has 8 heteroatoms. The summed E-state index contributed by atoms with van der Waals surface area (Å²) in [5.41, 5.74) is 14.2. The topological polar surface area (TPSA) is 111 Å². The van der Waals surface area contributed by atoms with E-state index in [1.807, 2.05) is 0 Å². The number of nitrogens with one attached hydrogen (secondary N) is 2. The molecule has 0 bridgehead atoms. The van der Waals surface area contributed by atoms with Crippen molar-refractivity contribution >= 4 is 23.7 Å². The smallest absolute Gasteiger partial charge is 0.373 e. The highest BCUT2D eigenvalue weighted by Gasteiger charge is 2.33. The van der Waals surface area contributed by atoms with Gasteiger partial charge in [-0.2, -0.15) is 19.2 Å². The van der Waals surface area contributed by atoms with Crippen LogP contribution in [0.2, 0.25) is 0 Å². The van der Waals surface area contributed by atoms with Gasteiger partial charge in [-0.25, -0.2) is 0 Å². The van der Waals surface area contributed by atoms with Crippen LogP contribution in [-0.2, 0) is 32.0 Å². The van der Waals surface area contributed by atoms with E-state index in [2.05, 4.69) is 86.8 Å². The SMILES string of the molecule is CCCCCCCCCCCCCCCCC1(C)CCc2c(C)c(OC)c(C)c(C)c2N1.CCCCCCCCCCCCCCCCC1(C)CCc2c(C)c(OCC)c(C)c(C)c2N1.O=C=O.O=C=O. The number of hydrogen-bond acceptors (Lipinski definition) is 8. The molecular formula is C63H108N2O6. The van der Waals surface area contributed by atoms with E-state index in [-0.39, 0.29) is 23.4 Å². The molecule has 2 heterocycles. The minimum Gasteiger partial charge on any atom is -0.496 e. The van der Waals surface area contributed by atoms with Crippen molar-refractivity contribution in [2.45, 2.75) is 306 Å². The van der Waals surface area contributed by atoms with Crippen LogP contribution >= 0.6 is 0 Å². The molecular weight excluding hydrogens is 881 g/mol. The third-order valence-electron chi connectivity index (χ3n) is 16.1. The highest BCUT2D eigenvalue weighted by Crippen LogP contribution is 2.44. The van der Waals surface area contributed by atoms with Gasteiger partial charge in [0.2, 0.25) is 0 Å². The van der Waals surface area contributed by atoms with Crippen LogP contribution in [0.25, 0.3) is 0 Å². The summed E-state index contributed by atoms with van der Waals surface area (Å²) in [5.74, 6) is 2.20. The second kappa shape index (κ2) is 38.9. The van der Waals surface area contributed by atoms with E-state index in [4.69, 9.17) is 28.7 Å². The van der Waals surface area contributed by atoms with Crippen molar-refractivity contribution in [3.8, 4) is 11.5 Å². The Kier molecular flexibility index (Phi) is 35.9. The largest absolute Gasteiger partial charge is 0.496 e. The zero-order chi connectivity index (χ0) is 52.9. The van der Waals surface area contributed by atoms with Crippen LogP contribution in [0.4, 0.5) is 11.4 Å². The third kappa shape index (κ3) is 24.8. The quantitative estimate of drug-likeness (QED) is 0.0681. The third-order valence-corrected chi connectivity index (χ3v) is 16.1. The number of ether oxygens (including phenoxy) is 2. The lowest BCUT2D eigenvalue weighted by atomic mass is 9.80. The van der Waals surface area contributed by atoms with Gasteiger partial charge in [0.25, 0.3) is 0 Å². The van der Waals surface area contributed by atoms with Crippen LogP contribution in [0.15, 0.2) is 0 Å². The first-order chi connectivity index (χ1) is 34.2. The Morgan fingerprint density at radius 2 is 0.676 bits per heavy atom. The predicted octanol–water partition coefficient (Wildman–Crippen LogP) is 18.4. The molecule has 8 nitrogen and oxygen atoms in total. The minimum absolute atomic E-state index is 0.237. The number of rotatable bonds is 33. The summed E-state index contributed by atoms with van der Waals surface area (Å²) in [5, 5.41) is 7.95. The van der Waals surface area contributed by atoms with Crippen molar-refractivity contribution in [2.75, 3.05) is 24.4 Å². The zero-order valence-electron chi connectivity index (χ0n) is 48.2. The number of methoxy groups -OCH3 is 1. The Bertz CT molecular complexity index is 1800. The van der Waals surface area contributed by atoms with Crippen LogP contribution in [0.1, 0.15) is 285 Å². The van der Waals surface area contributed by atoms with Gasteiger partial charge in [0.15, 0.2) is 0 Å². The molecule has 0 fully saturated rings. The Balaban J connectivity index is 0.000000639. The van der Waals surface area contributed by atoms with Crippen molar-refractivity contribution in [3.63, 3.8) is 0 Å². The van der Waals surface area contributed by atoms with Crippen molar-refractivity contribution < 1.29 is 28.7 Å². The molecule has 0 aliphatic carbocycles. The summed E-state index contributed by atoms with van der Waals surface area (Å²) in [7, 11) is 1.80. The Morgan fingerprint density at radius 3 is 0.958 bits per heavy atom. The van der Waals surface area contributed by atoms with Crippen molar-refractivity contribution in [3.05, 3.63) is 44.5 Å². The van der Waals surface area contributed by atoms with Gasteiger partial charge in [0, 0.05) is 22.5 Å². The summed E-state index contributed by atoms with van der Waals surface area (Å²) in [6, 6.07) is 0. The van der Waals surface area contributed by atoms with Gasteiger partial charge in [-0.3, -0.25) is 0 Å². The normalized spacial score (nSPS) is 16.5. The number of anilines is 2. The van der Waals surface area contributed by atoms with Gasteiger partial charge in [0.05, 0.1) is 13.7 Å². The van der Waals surface area contributed by atoms with E-state index in [9.17, 15) is 0 Å². The van der Waals surface area contributed by atoms with Gasteiger partial charge in [-0.15, -0.1) is 0 Å². The Hall–Kier alpha value is -3.60. The molecule has 0 radical (unpaired) electrons. The summed E-state index contributed by atoms with van der Waals surface area (Å²) < 4.78 is 11.7. The van der Waals surface area contributed by atoms with Crippen LogP contribution < -0.4 is 20.1 Å². The number of carbonyl (C=O) groups excluding carboxylic acids is 4. The molecule has 2 aromatic rings. The maximum absolute atomic E-state index is 8.12. The first-order valence-electron chi connectivity index (χ1n) is 29.2. The lowest BCUT2D eigenvalue weighted by molar-refractivity contribution is -0.193. The fraction of sp³-hybridized carbons (Fsp3) is 0.778. The number of unbranched alkanes of at least 4 members (excludes halogenated alkanes) is 26. The Morgan fingerprint density at radius 1 is 0.408 bits per heavy atom. The average molecular weight is 990 g/mol. The lowest BCUT2D eigenvalue weighted by Gasteiger charge is -2.39. The Labute approximate surface area is 436 Å². The molecule has 0 aromatic heterocycles. The molecule has 406 valence electrons. The molecule has 0 spiro atoms. The number of fused-ring (bicyclic) bond motifs is 2. The molecule has 2 unspecified atom stereocenters. The van der Waals surface area contributed by atoms with E-state index < -0.39 is 0 Å². The first kappa shape index (κ1) is 65.4. The highest BCUT2D eigenvalue weighted by atomic mass is 16.5. The van der Waals surface area contributed by atoms with Crippen LogP contribution in [0.5, 0.6) is 11.5 Å². The summed E-state index contributed by atoms with van der Waals surface area (Å²) in [6.07, 6.45) is 47.9. The molecule has 2 aliphatic heterocycles. The summed E-state index contributed by atoms with van der Waals surface area (Å²) in [6.45, 7) is 25.7. The van der Waals surface area contributed by atoms with E-state index >= 15 is 0 Å². The second-order valence-electron chi connectivity index (χ2n) is 22.0. The van der Waals surface area contributed by atoms with Gasteiger partial charge in [0.1, 0.15) is 11.5 Å². The first-order valence-corrected chi connectivity index (χ1v) is 29.2. The molecule has 2 N–H and O–H groups in total. The predicted molar refractivity (Wildman–Crippen MR) is 300 cm³/mol. The van der Waals surface area contributed by atoms with E-state index in [0.717, 1.165) is 18.1 Å². The van der Waals surface area contributed by atoms with Crippen LogP contribution in [0, 0.1) is 41.5 Å². The fourth-order valence-corrected chi connectivity index (χ4v) is 11.3. The second-order valence-corrected chi connectivity index (χ2v) is 22.0. The number of hydrogen-bond donors (Lipinski definition) is 2. The maximum Gasteiger partial charge on any atom is 0.373 e. The van der Waals surface area contributed by atoms with Crippen LogP contribution in [0.3, 0.4) is 0 Å². The molecule has 0 saturated carbocycles. The molecule has 4 rings (SSSR count). The number of benzene rings is 2. The molecule has 0 saturated heterocycles. The highest BCUT2D eigenvalue weighted by molar-refractivity contribution is 5.70. The van der Waals surface area contributed by atoms with E-state index in [1.165, 1.54) is 274 Å². The maximum atomic E-state index is 8.12. The monoisotopic (exact) mass is 989 g/mol. The van der Waals surface area contributed by atoms with Crippen molar-refractivity contribution in [1.29, 1.82) is 0 Å². The molecule has 2 atom stereocenters. The van der Waals surface area contributed by atoms with Gasteiger partial charge < -0.3 is 20.1 Å². The minimum atomic E-state index is 0.237. The molecule has 2 aromatic carbocycles. The van der Waals surface area contributed by atoms with Crippen molar-refractivity contribution in [2.24, 2.45) is 0 Å². The average Bonchev–Trinajstić information content (AvgIpc) is 3.35. The summed E-state index contributed by atoms with van der Waals surface area (Å²) >= 11 is 0. The van der Waals surface area contributed by atoms with E-state index in [1.54, 1.807) is 7.11 Å². The summed E-state index contributed by atoms with van der Waals surface area (Å²) in [4.78, 5) is 32.5. The van der Waals surface area contributed by atoms with Crippen molar-refractivity contribution in [1.82, 2.24) is 0 Å². The van der Waals surface area contributed by atoms with Crippen LogP contribution in [-0.4, -0.2) is 37.1 Å². The van der Waals surface area contributed by atoms with E-state index in [0.29, 0.717) is 0 Å². The zero-order valence-corrected chi connectivity index (χ0v) is 48.2. The molecule has 0 amide bonds. The standard InChI is InChI=1S/C31H55NO.C30H53NO.2CO2/c1-7-9-10-11-12-13-14-15-16-17-18-19-20-21-23-31(6)24-22-28-27(5)30(33-8-2)26(4)25(3)29(28)32-31;1-7-8-9-10-11-12-13-14-15-16-17-18-19-20-22-30(5)23-21-27-26(4)29(32-6)25(3)24(2)28(27)31-30;2*2-1-3/h32H,7-24H2,1-6H3;31H,7-23H2,1-6H3;;. The van der Waals surface area contributed by atoms with Gasteiger partial charge in [-0.05, 0) is 145 Å². The molecule has 2 aliphatic rings.